The number of para-hydroxylation sites is 1. The number of thiophene rings is 1. The summed E-state index contributed by atoms with van der Waals surface area (Å²) in [5.74, 6) is -0.272. The van der Waals surface area contributed by atoms with Crippen molar-refractivity contribution in [3.63, 3.8) is 0 Å². The monoisotopic (exact) mass is 332 g/mol. The fourth-order valence-electron chi connectivity index (χ4n) is 2.50. The predicted molar refractivity (Wildman–Crippen MR) is 89.2 cm³/mol. The van der Waals surface area contributed by atoms with E-state index in [-0.39, 0.29) is 22.7 Å². The number of nitrogens with zero attached hydrogens (tertiary/aromatic N) is 4. The lowest BCUT2D eigenvalue weighted by Crippen LogP contribution is -2.16. The van der Waals surface area contributed by atoms with E-state index >= 15 is 0 Å². The molecule has 0 fully saturated rings. The number of aromatic nitrogens is 3. The first-order chi connectivity index (χ1) is 11.7. The largest absolute Gasteiger partial charge is 0.286 e. The van der Waals surface area contributed by atoms with Crippen LogP contribution in [0.4, 0.5) is 0 Å². The molecule has 4 rings (SSSR count). The van der Waals surface area contributed by atoms with Crippen LogP contribution in [0.2, 0.25) is 0 Å². The van der Waals surface area contributed by atoms with Gasteiger partial charge in [0.1, 0.15) is 11.8 Å². The number of ketones is 1. The first-order valence-corrected chi connectivity index (χ1v) is 7.88. The van der Waals surface area contributed by atoms with Crippen molar-refractivity contribution in [1.29, 1.82) is 5.26 Å². The Kier molecular flexibility index (Phi) is 3.18. The molecule has 0 saturated heterocycles. The van der Waals surface area contributed by atoms with Crippen LogP contribution in [0.25, 0.3) is 16.6 Å². The Hall–Kier alpha value is -3.37. The van der Waals surface area contributed by atoms with Gasteiger partial charge in [-0.05, 0) is 29.6 Å². The first kappa shape index (κ1) is 14.2. The third-order valence-corrected chi connectivity index (χ3v) is 4.47. The molecule has 0 aliphatic rings. The van der Waals surface area contributed by atoms with Crippen LogP contribution in [0, 0.1) is 11.3 Å². The molecule has 0 spiro atoms. The maximum Gasteiger partial charge on any atom is 0.281 e. The van der Waals surface area contributed by atoms with E-state index in [0.29, 0.717) is 15.8 Å². The van der Waals surface area contributed by atoms with Gasteiger partial charge in [-0.2, -0.15) is 15.3 Å². The molecule has 0 bridgehead atoms. The average Bonchev–Trinajstić information content (AvgIpc) is 3.15. The summed E-state index contributed by atoms with van der Waals surface area (Å²) >= 11 is 1.30. The second-order valence-electron chi connectivity index (χ2n) is 5.03. The maximum atomic E-state index is 12.6. The summed E-state index contributed by atoms with van der Waals surface area (Å²) in [6.45, 7) is 0. The molecule has 0 radical (unpaired) electrons. The number of hydrogen-bond donors (Lipinski definition) is 0. The van der Waals surface area contributed by atoms with Gasteiger partial charge >= 0.3 is 0 Å². The fraction of sp³-hybridized carbons (Fsp3) is 0. The van der Waals surface area contributed by atoms with Gasteiger partial charge in [-0.25, -0.2) is 4.52 Å². The molecule has 7 heteroatoms. The molecule has 3 aromatic heterocycles. The van der Waals surface area contributed by atoms with Gasteiger partial charge in [0.05, 0.1) is 21.3 Å². The third-order valence-electron chi connectivity index (χ3n) is 3.60. The zero-order valence-corrected chi connectivity index (χ0v) is 12.9. The smallest absolute Gasteiger partial charge is 0.281 e. The zero-order valence-electron chi connectivity index (χ0n) is 12.1. The molecule has 4 aromatic rings. The van der Waals surface area contributed by atoms with E-state index < -0.39 is 5.56 Å². The first-order valence-electron chi connectivity index (χ1n) is 7.00. The highest BCUT2D eigenvalue weighted by Gasteiger charge is 2.17. The fourth-order valence-corrected chi connectivity index (χ4v) is 3.17. The molecule has 6 nitrogen and oxygen atoms in total. The number of fused-ring (bicyclic) bond motifs is 3. The van der Waals surface area contributed by atoms with Crippen LogP contribution < -0.4 is 5.56 Å². The summed E-state index contributed by atoms with van der Waals surface area (Å²) in [5.41, 5.74) is 0.486. The quantitative estimate of drug-likeness (QED) is 0.415. The number of carbonyl (C=O) groups is 1. The van der Waals surface area contributed by atoms with E-state index in [1.165, 1.54) is 21.9 Å². The lowest BCUT2D eigenvalue weighted by molar-refractivity contribution is 0.103. The van der Waals surface area contributed by atoms with Crippen molar-refractivity contribution in [1.82, 2.24) is 14.6 Å². The number of benzene rings is 1. The van der Waals surface area contributed by atoms with Gasteiger partial charge in [0.15, 0.2) is 5.65 Å². The number of carbonyl (C=O) groups excluding carboxylic acids is 1. The van der Waals surface area contributed by atoms with E-state index in [2.05, 4.69) is 10.1 Å². The number of hydrogen-bond acceptors (Lipinski definition) is 6. The lowest BCUT2D eigenvalue weighted by Gasteiger charge is -2.07. The number of rotatable bonds is 2. The predicted octanol–water partition coefficient (Wildman–Crippen LogP) is 2.41. The van der Waals surface area contributed by atoms with Crippen molar-refractivity contribution in [3.05, 3.63) is 74.3 Å². The second-order valence-corrected chi connectivity index (χ2v) is 5.98. The molecule has 0 saturated carbocycles. The topological polar surface area (TPSA) is 88.1 Å². The molecule has 0 unspecified atom stereocenters. The molecule has 114 valence electrons. The molecule has 0 atom stereocenters. The van der Waals surface area contributed by atoms with Crippen molar-refractivity contribution in [2.24, 2.45) is 0 Å². The van der Waals surface area contributed by atoms with E-state index in [1.807, 2.05) is 6.07 Å². The Labute approximate surface area is 139 Å². The van der Waals surface area contributed by atoms with Gasteiger partial charge < -0.3 is 0 Å². The van der Waals surface area contributed by atoms with E-state index in [0.717, 1.165) is 0 Å². The van der Waals surface area contributed by atoms with Crippen molar-refractivity contribution in [2.75, 3.05) is 0 Å². The van der Waals surface area contributed by atoms with Gasteiger partial charge in [-0.15, -0.1) is 11.3 Å². The summed E-state index contributed by atoms with van der Waals surface area (Å²) in [6, 6.07) is 13.7. The Bertz CT molecular complexity index is 1200. The Morgan fingerprint density at radius 2 is 2.04 bits per heavy atom. The molecule has 24 heavy (non-hydrogen) atoms. The summed E-state index contributed by atoms with van der Waals surface area (Å²) in [4.78, 5) is 29.2. The highest BCUT2D eigenvalue weighted by Crippen LogP contribution is 2.18. The second kappa shape index (κ2) is 5.37. The Morgan fingerprint density at radius 1 is 1.21 bits per heavy atom. The van der Waals surface area contributed by atoms with Crippen LogP contribution in [-0.4, -0.2) is 20.4 Å². The standard InChI is InChI=1S/C17H8N4O2S/c18-9-10-8-12(15(22)14-6-3-7-24-14)20-21-13-5-2-1-4-11(13)17(23)19-16(10)21/h1-8H. The van der Waals surface area contributed by atoms with E-state index in [4.69, 9.17) is 0 Å². The maximum absolute atomic E-state index is 12.6. The van der Waals surface area contributed by atoms with Crippen molar-refractivity contribution in [2.45, 2.75) is 0 Å². The van der Waals surface area contributed by atoms with Gasteiger partial charge in [-0.1, -0.05) is 18.2 Å². The van der Waals surface area contributed by atoms with Crippen LogP contribution in [0.5, 0.6) is 0 Å². The Morgan fingerprint density at radius 3 is 2.79 bits per heavy atom. The minimum absolute atomic E-state index is 0.132. The summed E-state index contributed by atoms with van der Waals surface area (Å²) in [6.07, 6.45) is 0. The van der Waals surface area contributed by atoms with Gasteiger partial charge in [0.2, 0.25) is 5.78 Å². The minimum Gasteiger partial charge on any atom is -0.286 e. The van der Waals surface area contributed by atoms with Crippen LogP contribution in [0.1, 0.15) is 20.9 Å². The molecule has 0 amide bonds. The SMILES string of the molecule is N#Cc1cc(C(=O)c2cccs2)nn2c1nc(=O)c1ccccc12. The summed E-state index contributed by atoms with van der Waals surface area (Å²) in [7, 11) is 0. The van der Waals surface area contributed by atoms with E-state index in [1.54, 1.807) is 41.8 Å². The molecular weight excluding hydrogens is 324 g/mol. The van der Waals surface area contributed by atoms with Crippen LogP contribution in [0.15, 0.2) is 52.6 Å². The summed E-state index contributed by atoms with van der Waals surface area (Å²) in [5, 5.41) is 15.9. The Balaban J connectivity index is 2.11. The van der Waals surface area contributed by atoms with Crippen molar-refractivity contribution < 1.29 is 4.79 Å². The zero-order chi connectivity index (χ0) is 16.7. The van der Waals surface area contributed by atoms with Crippen LogP contribution >= 0.6 is 11.3 Å². The third kappa shape index (κ3) is 2.09. The molecule has 0 N–H and O–H groups in total. The van der Waals surface area contributed by atoms with Crippen LogP contribution in [-0.2, 0) is 0 Å². The number of nitriles is 1. The normalized spacial score (nSPS) is 10.8. The van der Waals surface area contributed by atoms with Gasteiger partial charge in [0, 0.05) is 0 Å². The molecule has 3 heterocycles. The average molecular weight is 332 g/mol. The van der Waals surface area contributed by atoms with Gasteiger partial charge in [-0.3, -0.25) is 9.59 Å². The molecular formula is C17H8N4O2S. The molecule has 0 aliphatic carbocycles. The minimum atomic E-state index is -0.429. The van der Waals surface area contributed by atoms with Crippen LogP contribution in [0.3, 0.4) is 0 Å². The highest BCUT2D eigenvalue weighted by atomic mass is 32.1. The van der Waals surface area contributed by atoms with Gasteiger partial charge in [0.25, 0.3) is 5.56 Å². The molecule has 1 aromatic carbocycles. The molecule has 0 aliphatic heterocycles. The van der Waals surface area contributed by atoms with Crippen molar-refractivity contribution >= 4 is 33.7 Å². The highest BCUT2D eigenvalue weighted by molar-refractivity contribution is 7.12. The van der Waals surface area contributed by atoms with Crippen molar-refractivity contribution in [3.8, 4) is 6.07 Å². The van der Waals surface area contributed by atoms with E-state index in [9.17, 15) is 14.9 Å². The lowest BCUT2D eigenvalue weighted by atomic mass is 10.1. The summed E-state index contributed by atoms with van der Waals surface area (Å²) < 4.78 is 1.39.